The van der Waals surface area contributed by atoms with E-state index in [4.69, 9.17) is 9.52 Å². The average molecular weight is 347 g/mol. The van der Waals surface area contributed by atoms with Gasteiger partial charge in [-0.05, 0) is 25.8 Å². The summed E-state index contributed by atoms with van der Waals surface area (Å²) in [6, 6.07) is 7.52. The van der Waals surface area contributed by atoms with Crippen LogP contribution < -0.4 is 5.32 Å². The zero-order valence-electron chi connectivity index (χ0n) is 14.1. The van der Waals surface area contributed by atoms with E-state index in [0.717, 1.165) is 22.3 Å². The smallest absolute Gasteiger partial charge is 0.287 e. The molecule has 1 aliphatic carbocycles. The molecule has 0 saturated heterocycles. The largest absolute Gasteiger partial charge is 0.451 e. The number of hydrogen-bond donors (Lipinski definition) is 2. The molecule has 2 N–H and O–H groups in total. The van der Waals surface area contributed by atoms with Crippen LogP contribution in [-0.2, 0) is 5.75 Å². The number of fused-ring (bicyclic) bond motifs is 1. The first-order valence-electron chi connectivity index (χ1n) is 8.72. The SMILES string of the molecule is CC(CO)NC(=O)c1oc2ccccc2c1CSC1CCCCC1. The van der Waals surface area contributed by atoms with E-state index in [1.54, 1.807) is 6.92 Å². The van der Waals surface area contributed by atoms with Crippen molar-refractivity contribution in [3.8, 4) is 0 Å². The monoisotopic (exact) mass is 347 g/mol. The number of carbonyl (C=O) groups is 1. The Morgan fingerprint density at radius 2 is 2.08 bits per heavy atom. The quantitative estimate of drug-likeness (QED) is 0.825. The molecule has 1 unspecified atom stereocenters. The van der Waals surface area contributed by atoms with Gasteiger partial charge in [0.1, 0.15) is 5.58 Å². The number of aliphatic hydroxyl groups is 1. The first-order valence-corrected chi connectivity index (χ1v) is 9.77. The summed E-state index contributed by atoms with van der Waals surface area (Å²) in [6.45, 7) is 1.69. The normalized spacial score (nSPS) is 17.1. The lowest BCUT2D eigenvalue weighted by atomic mass is 10.0. The summed E-state index contributed by atoms with van der Waals surface area (Å²) < 4.78 is 5.84. The van der Waals surface area contributed by atoms with Crippen molar-refractivity contribution in [2.45, 2.75) is 56.1 Å². The first-order chi connectivity index (χ1) is 11.7. The van der Waals surface area contributed by atoms with Crippen LogP contribution in [0.1, 0.15) is 55.1 Å². The molecule has 1 atom stereocenters. The lowest BCUT2D eigenvalue weighted by Gasteiger charge is -2.21. The molecule has 0 radical (unpaired) electrons. The van der Waals surface area contributed by atoms with Gasteiger partial charge in [-0.3, -0.25) is 4.79 Å². The number of aliphatic hydroxyl groups excluding tert-OH is 1. The third kappa shape index (κ3) is 3.95. The Balaban J connectivity index is 1.82. The third-order valence-electron chi connectivity index (χ3n) is 4.57. The molecule has 1 fully saturated rings. The Bertz CT molecular complexity index is 691. The van der Waals surface area contributed by atoms with Gasteiger partial charge in [-0.15, -0.1) is 0 Å². The van der Waals surface area contributed by atoms with E-state index >= 15 is 0 Å². The number of furan rings is 1. The predicted octanol–water partition coefficient (Wildman–Crippen LogP) is 4.11. The number of thioether (sulfide) groups is 1. The molecular weight excluding hydrogens is 322 g/mol. The van der Waals surface area contributed by atoms with Gasteiger partial charge in [0.15, 0.2) is 5.76 Å². The summed E-state index contributed by atoms with van der Waals surface area (Å²) in [5.74, 6) is 0.935. The standard InChI is InChI=1S/C19H25NO3S/c1-13(11-21)20-19(22)18-16(12-24-14-7-3-2-4-8-14)15-9-5-6-10-17(15)23-18/h5-6,9-10,13-14,21H,2-4,7-8,11-12H2,1H3,(H,20,22). The summed E-state index contributed by atoms with van der Waals surface area (Å²) in [4.78, 5) is 12.5. The van der Waals surface area contributed by atoms with Crippen molar-refractivity contribution in [2.75, 3.05) is 6.61 Å². The molecule has 3 rings (SSSR count). The topological polar surface area (TPSA) is 62.5 Å². The fourth-order valence-corrected chi connectivity index (χ4v) is 4.55. The average Bonchev–Trinajstić information content (AvgIpc) is 2.99. The van der Waals surface area contributed by atoms with Gasteiger partial charge in [-0.1, -0.05) is 37.5 Å². The molecule has 1 aliphatic rings. The second kappa shape index (κ2) is 8.08. The molecule has 0 bridgehead atoms. The van der Waals surface area contributed by atoms with Gasteiger partial charge < -0.3 is 14.8 Å². The van der Waals surface area contributed by atoms with Crippen molar-refractivity contribution in [3.05, 3.63) is 35.6 Å². The van der Waals surface area contributed by atoms with Crippen LogP contribution in [0.4, 0.5) is 0 Å². The number of para-hydroxylation sites is 1. The van der Waals surface area contributed by atoms with Gasteiger partial charge in [0.05, 0.1) is 6.61 Å². The summed E-state index contributed by atoms with van der Waals surface area (Å²) >= 11 is 1.94. The highest BCUT2D eigenvalue weighted by Gasteiger charge is 2.23. The maximum atomic E-state index is 12.5. The highest BCUT2D eigenvalue weighted by atomic mass is 32.2. The number of rotatable bonds is 6. The van der Waals surface area contributed by atoms with Gasteiger partial charge in [-0.2, -0.15) is 11.8 Å². The zero-order valence-corrected chi connectivity index (χ0v) is 14.9. The third-order valence-corrected chi connectivity index (χ3v) is 5.97. The van der Waals surface area contributed by atoms with Gasteiger partial charge in [0.2, 0.25) is 0 Å². The Labute approximate surface area is 147 Å². The molecular formula is C19H25NO3S. The molecule has 5 heteroatoms. The van der Waals surface area contributed by atoms with Crippen LogP contribution in [0.5, 0.6) is 0 Å². The van der Waals surface area contributed by atoms with E-state index in [9.17, 15) is 4.79 Å². The summed E-state index contributed by atoms with van der Waals surface area (Å²) in [5.41, 5.74) is 1.72. The molecule has 1 amide bonds. The van der Waals surface area contributed by atoms with Gasteiger partial charge >= 0.3 is 0 Å². The molecule has 0 aliphatic heterocycles. The molecule has 130 valence electrons. The van der Waals surface area contributed by atoms with E-state index < -0.39 is 0 Å². The van der Waals surface area contributed by atoms with Crippen molar-refractivity contribution < 1.29 is 14.3 Å². The Morgan fingerprint density at radius 3 is 2.83 bits per heavy atom. The molecule has 1 aromatic heterocycles. The van der Waals surface area contributed by atoms with Crippen LogP contribution in [0, 0.1) is 0 Å². The Hall–Kier alpha value is -1.46. The predicted molar refractivity (Wildman–Crippen MR) is 98.4 cm³/mol. The lowest BCUT2D eigenvalue weighted by Crippen LogP contribution is -2.35. The van der Waals surface area contributed by atoms with Crippen LogP contribution in [0.15, 0.2) is 28.7 Å². The minimum absolute atomic E-state index is 0.0852. The van der Waals surface area contributed by atoms with Crippen LogP contribution in [0.3, 0.4) is 0 Å². The maximum absolute atomic E-state index is 12.5. The van der Waals surface area contributed by atoms with Crippen LogP contribution in [0.25, 0.3) is 11.0 Å². The second-order valence-corrected chi connectivity index (χ2v) is 7.82. The number of carbonyl (C=O) groups excluding carboxylic acids is 1. The summed E-state index contributed by atoms with van der Waals surface area (Å²) in [5, 5.41) is 13.7. The molecule has 1 aromatic carbocycles. The van der Waals surface area contributed by atoms with E-state index in [-0.39, 0.29) is 18.6 Å². The van der Waals surface area contributed by atoms with Gasteiger partial charge in [-0.25, -0.2) is 0 Å². The first kappa shape index (κ1) is 17.4. The van der Waals surface area contributed by atoms with Gasteiger partial charge in [0.25, 0.3) is 5.91 Å². The highest BCUT2D eigenvalue weighted by molar-refractivity contribution is 7.99. The summed E-state index contributed by atoms with van der Waals surface area (Å²) in [7, 11) is 0. The van der Waals surface area contributed by atoms with E-state index in [1.165, 1.54) is 32.1 Å². The van der Waals surface area contributed by atoms with Crippen LogP contribution in [-0.4, -0.2) is 28.9 Å². The molecule has 2 aromatic rings. The van der Waals surface area contributed by atoms with Crippen LogP contribution in [0.2, 0.25) is 0 Å². The molecule has 24 heavy (non-hydrogen) atoms. The molecule has 1 heterocycles. The highest BCUT2D eigenvalue weighted by Crippen LogP contribution is 2.34. The fraction of sp³-hybridized carbons (Fsp3) is 0.526. The number of hydrogen-bond acceptors (Lipinski definition) is 4. The van der Waals surface area contributed by atoms with Crippen molar-refractivity contribution in [1.29, 1.82) is 0 Å². The number of amides is 1. The summed E-state index contributed by atoms with van der Waals surface area (Å²) in [6.07, 6.45) is 6.50. The molecule has 4 nitrogen and oxygen atoms in total. The Kier molecular flexibility index (Phi) is 5.85. The number of nitrogens with one attached hydrogen (secondary N) is 1. The fourth-order valence-electron chi connectivity index (χ4n) is 3.19. The van der Waals surface area contributed by atoms with Crippen LogP contribution >= 0.6 is 11.8 Å². The maximum Gasteiger partial charge on any atom is 0.287 e. The lowest BCUT2D eigenvalue weighted by molar-refractivity contribution is 0.0895. The van der Waals surface area contributed by atoms with Gasteiger partial charge in [0, 0.05) is 28.0 Å². The van der Waals surface area contributed by atoms with Crippen molar-refractivity contribution in [2.24, 2.45) is 0 Å². The van der Waals surface area contributed by atoms with E-state index in [2.05, 4.69) is 5.32 Å². The van der Waals surface area contributed by atoms with Crippen molar-refractivity contribution >= 4 is 28.6 Å². The minimum atomic E-state index is -0.287. The van der Waals surface area contributed by atoms with E-state index in [1.807, 2.05) is 36.0 Å². The van der Waals surface area contributed by atoms with E-state index in [0.29, 0.717) is 11.0 Å². The van der Waals surface area contributed by atoms with Crippen molar-refractivity contribution in [3.63, 3.8) is 0 Å². The molecule has 0 spiro atoms. The van der Waals surface area contributed by atoms with Crippen molar-refractivity contribution in [1.82, 2.24) is 5.32 Å². The number of benzene rings is 1. The zero-order chi connectivity index (χ0) is 16.9. The minimum Gasteiger partial charge on any atom is -0.451 e. The molecule has 1 saturated carbocycles. The Morgan fingerprint density at radius 1 is 1.33 bits per heavy atom. The second-order valence-electron chi connectivity index (χ2n) is 6.53.